The average molecular weight is 352 g/mol. The zero-order valence-electron chi connectivity index (χ0n) is 14.8. The van der Waals surface area contributed by atoms with E-state index in [2.05, 4.69) is 13.8 Å². The molecule has 25 heavy (non-hydrogen) atoms. The minimum absolute atomic E-state index is 0.187. The number of carbonyl (C=O) groups excluding carboxylic acids is 3. The number of amides is 3. The molecule has 0 aliphatic rings. The maximum absolute atomic E-state index is 12.1. The summed E-state index contributed by atoms with van der Waals surface area (Å²) < 4.78 is 15.9. The fourth-order valence-electron chi connectivity index (χ4n) is 1.82. The predicted molar refractivity (Wildman–Crippen MR) is 90.5 cm³/mol. The lowest BCUT2D eigenvalue weighted by atomic mass is 10.1. The number of carbonyl (C=O) groups is 3. The Hall–Kier alpha value is -2.77. The molecule has 1 aromatic carbocycles. The third-order valence-electron chi connectivity index (χ3n) is 3.25. The van der Waals surface area contributed by atoms with E-state index in [1.54, 1.807) is 6.07 Å². The van der Waals surface area contributed by atoms with Crippen LogP contribution in [0, 0.1) is 5.92 Å². The molecule has 8 nitrogen and oxygen atoms in total. The van der Waals surface area contributed by atoms with Gasteiger partial charge in [0.15, 0.2) is 17.6 Å². The Labute approximate surface area is 146 Å². The molecule has 0 aliphatic carbocycles. The molecule has 0 heterocycles. The summed E-state index contributed by atoms with van der Waals surface area (Å²) in [6.45, 7) is 6.05. The minimum Gasteiger partial charge on any atom is -0.493 e. The van der Waals surface area contributed by atoms with Crippen LogP contribution in [0.4, 0.5) is 4.79 Å². The van der Waals surface area contributed by atoms with Crippen molar-refractivity contribution >= 4 is 17.9 Å². The third kappa shape index (κ3) is 6.70. The molecule has 3 amide bonds. The van der Waals surface area contributed by atoms with Gasteiger partial charge in [-0.25, -0.2) is 9.59 Å². The van der Waals surface area contributed by atoms with Gasteiger partial charge >= 0.3 is 12.0 Å². The second-order valence-electron chi connectivity index (χ2n) is 5.80. The number of nitrogens with two attached hydrogens (primary N) is 1. The van der Waals surface area contributed by atoms with Gasteiger partial charge in [0, 0.05) is 0 Å². The van der Waals surface area contributed by atoms with Crippen LogP contribution in [0.15, 0.2) is 18.2 Å². The van der Waals surface area contributed by atoms with Gasteiger partial charge in [-0.05, 0) is 37.5 Å². The molecule has 8 heteroatoms. The van der Waals surface area contributed by atoms with Gasteiger partial charge in [-0.3, -0.25) is 10.1 Å². The van der Waals surface area contributed by atoms with Gasteiger partial charge in [-0.15, -0.1) is 0 Å². The molecule has 3 N–H and O–H groups in total. The van der Waals surface area contributed by atoms with Gasteiger partial charge in [-0.2, -0.15) is 0 Å². The van der Waals surface area contributed by atoms with E-state index in [9.17, 15) is 14.4 Å². The molecule has 1 unspecified atom stereocenters. The smallest absolute Gasteiger partial charge is 0.339 e. The van der Waals surface area contributed by atoms with Crippen molar-refractivity contribution in [2.75, 3.05) is 13.7 Å². The van der Waals surface area contributed by atoms with Crippen LogP contribution in [-0.4, -0.2) is 37.7 Å². The first-order chi connectivity index (χ1) is 11.7. The van der Waals surface area contributed by atoms with Crippen molar-refractivity contribution in [3.05, 3.63) is 23.8 Å². The summed E-state index contributed by atoms with van der Waals surface area (Å²) >= 11 is 0. The van der Waals surface area contributed by atoms with Gasteiger partial charge in [0.25, 0.3) is 5.91 Å². The molecule has 1 atom stereocenters. The number of hydrogen-bond acceptors (Lipinski definition) is 6. The zero-order chi connectivity index (χ0) is 19.0. The van der Waals surface area contributed by atoms with E-state index in [1.807, 2.05) is 5.32 Å². The maximum Gasteiger partial charge on any atom is 0.339 e. The molecule has 0 saturated carbocycles. The van der Waals surface area contributed by atoms with Crippen LogP contribution in [0.1, 0.15) is 37.6 Å². The number of ether oxygens (including phenoxy) is 3. The Morgan fingerprint density at radius 3 is 2.40 bits per heavy atom. The molecule has 0 spiro atoms. The lowest BCUT2D eigenvalue weighted by Crippen LogP contribution is -2.42. The Kier molecular flexibility index (Phi) is 7.71. The molecule has 0 saturated heterocycles. The lowest BCUT2D eigenvalue weighted by molar-refractivity contribution is -0.127. The fourth-order valence-corrected chi connectivity index (χ4v) is 1.82. The standard InChI is InChI=1S/C17H24N2O6/c1-10(2)7-8-24-13-6-5-12(9-14(13)23-4)16(21)25-11(3)15(20)19-17(18)22/h5-6,9-11H,7-8H2,1-4H3,(H3,18,19,20,22). The third-order valence-corrected chi connectivity index (χ3v) is 3.25. The molecule has 138 valence electrons. The number of imide groups is 1. The maximum atomic E-state index is 12.1. The highest BCUT2D eigenvalue weighted by molar-refractivity contribution is 5.98. The van der Waals surface area contributed by atoms with Crippen molar-refractivity contribution in [1.82, 2.24) is 5.32 Å². The number of hydrogen-bond donors (Lipinski definition) is 2. The van der Waals surface area contributed by atoms with E-state index in [0.717, 1.165) is 6.42 Å². The zero-order valence-corrected chi connectivity index (χ0v) is 14.8. The fraction of sp³-hybridized carbons (Fsp3) is 0.471. The molecule has 0 aromatic heterocycles. The molecule has 0 fully saturated rings. The second-order valence-corrected chi connectivity index (χ2v) is 5.80. The summed E-state index contributed by atoms with van der Waals surface area (Å²) in [5, 5.41) is 1.84. The van der Waals surface area contributed by atoms with Gasteiger partial charge in [0.2, 0.25) is 0 Å². The van der Waals surface area contributed by atoms with Crippen molar-refractivity contribution in [3.63, 3.8) is 0 Å². The molecule has 0 radical (unpaired) electrons. The quantitative estimate of drug-likeness (QED) is 0.690. The van der Waals surface area contributed by atoms with Crippen LogP contribution in [0.5, 0.6) is 11.5 Å². The van der Waals surface area contributed by atoms with Crippen molar-refractivity contribution in [1.29, 1.82) is 0 Å². The number of benzene rings is 1. The van der Waals surface area contributed by atoms with Crippen LogP contribution in [0.25, 0.3) is 0 Å². The van der Waals surface area contributed by atoms with Crippen molar-refractivity contribution in [2.24, 2.45) is 11.7 Å². The number of rotatable bonds is 8. The van der Waals surface area contributed by atoms with Gasteiger partial charge in [0.05, 0.1) is 19.3 Å². The molecular formula is C17H24N2O6. The molecule has 0 aliphatic heterocycles. The highest BCUT2D eigenvalue weighted by atomic mass is 16.5. The molecule has 1 rings (SSSR count). The van der Waals surface area contributed by atoms with Crippen LogP contribution in [-0.2, 0) is 9.53 Å². The summed E-state index contributed by atoms with van der Waals surface area (Å²) in [7, 11) is 1.46. The average Bonchev–Trinajstić information content (AvgIpc) is 2.53. The van der Waals surface area contributed by atoms with Crippen molar-refractivity contribution < 1.29 is 28.6 Å². The normalized spacial score (nSPS) is 11.6. The van der Waals surface area contributed by atoms with E-state index < -0.39 is 24.0 Å². The minimum atomic E-state index is -1.17. The molecule has 0 bridgehead atoms. The summed E-state index contributed by atoms with van der Waals surface area (Å²) in [4.78, 5) is 34.3. The highest BCUT2D eigenvalue weighted by Gasteiger charge is 2.21. The van der Waals surface area contributed by atoms with Crippen LogP contribution in [0.2, 0.25) is 0 Å². The highest BCUT2D eigenvalue weighted by Crippen LogP contribution is 2.28. The van der Waals surface area contributed by atoms with Crippen LogP contribution < -0.4 is 20.5 Å². The van der Waals surface area contributed by atoms with E-state index in [-0.39, 0.29) is 5.56 Å². The first-order valence-electron chi connectivity index (χ1n) is 7.86. The summed E-state index contributed by atoms with van der Waals surface area (Å²) in [5.74, 6) is -0.138. The first-order valence-corrected chi connectivity index (χ1v) is 7.86. The van der Waals surface area contributed by atoms with Crippen molar-refractivity contribution in [3.8, 4) is 11.5 Å². The number of esters is 1. The molecular weight excluding hydrogens is 328 g/mol. The van der Waals surface area contributed by atoms with Crippen molar-refractivity contribution in [2.45, 2.75) is 33.3 Å². The van der Waals surface area contributed by atoms with Gasteiger partial charge in [-0.1, -0.05) is 13.8 Å². The van der Waals surface area contributed by atoms with Crippen LogP contribution in [0.3, 0.4) is 0 Å². The van der Waals surface area contributed by atoms with E-state index in [1.165, 1.54) is 26.2 Å². The second kappa shape index (κ2) is 9.51. The summed E-state index contributed by atoms with van der Waals surface area (Å²) in [6, 6.07) is 3.56. The predicted octanol–water partition coefficient (Wildman–Crippen LogP) is 1.86. The number of nitrogens with one attached hydrogen (secondary N) is 1. The first kappa shape index (κ1) is 20.3. The van der Waals surface area contributed by atoms with Gasteiger partial charge < -0.3 is 19.9 Å². The van der Waals surface area contributed by atoms with E-state index in [0.29, 0.717) is 24.0 Å². The largest absolute Gasteiger partial charge is 0.493 e. The Bertz CT molecular complexity index is 630. The topological polar surface area (TPSA) is 117 Å². The van der Waals surface area contributed by atoms with E-state index in [4.69, 9.17) is 19.9 Å². The Morgan fingerprint density at radius 2 is 1.84 bits per heavy atom. The Morgan fingerprint density at radius 1 is 1.16 bits per heavy atom. The SMILES string of the molecule is COc1cc(C(=O)OC(C)C(=O)NC(N)=O)ccc1OCCC(C)C. The number of methoxy groups -OCH3 is 1. The number of urea groups is 1. The van der Waals surface area contributed by atoms with E-state index >= 15 is 0 Å². The number of primary amides is 1. The van der Waals surface area contributed by atoms with Crippen LogP contribution >= 0.6 is 0 Å². The summed E-state index contributed by atoms with van der Waals surface area (Å²) in [5.41, 5.74) is 5.03. The Balaban J connectivity index is 2.76. The van der Waals surface area contributed by atoms with Gasteiger partial charge in [0.1, 0.15) is 0 Å². The monoisotopic (exact) mass is 352 g/mol. The lowest BCUT2D eigenvalue weighted by Gasteiger charge is -2.14. The summed E-state index contributed by atoms with van der Waals surface area (Å²) in [6.07, 6.45) is -0.285. The molecule has 1 aromatic rings.